The molecule has 1 heterocycles. The quantitative estimate of drug-likeness (QED) is 0.0336. The number of benzene rings is 4. The number of fused-ring (bicyclic) bond motifs is 1. The van der Waals surface area contributed by atoms with Gasteiger partial charge in [-0.25, -0.2) is 18.0 Å². The molecule has 0 fully saturated rings. The van der Waals surface area contributed by atoms with E-state index in [-0.39, 0.29) is 22.3 Å². The summed E-state index contributed by atoms with van der Waals surface area (Å²) in [6, 6.07) is 21.6. The number of halogens is 3. The molecule has 0 radical (unpaired) electrons. The molecule has 5 rings (SSSR count). The Labute approximate surface area is 280 Å². The van der Waals surface area contributed by atoms with Crippen molar-refractivity contribution in [3.63, 3.8) is 0 Å². The zero-order chi connectivity index (χ0) is 33.9. The lowest BCUT2D eigenvalue weighted by atomic mass is 10.0. The second kappa shape index (κ2) is 16.4. The fourth-order valence-electron chi connectivity index (χ4n) is 4.75. The highest BCUT2D eigenvalue weighted by molar-refractivity contribution is 7.16. The molecule has 0 unspecified atom stereocenters. The largest absolute Gasteiger partial charge is 0.494 e. The zero-order valence-corrected chi connectivity index (χ0v) is 27.0. The zero-order valence-electron chi connectivity index (χ0n) is 26.2. The van der Waals surface area contributed by atoms with Crippen molar-refractivity contribution in [2.24, 2.45) is 17.3 Å². The van der Waals surface area contributed by atoms with Crippen LogP contribution in [0.25, 0.3) is 21.3 Å². The van der Waals surface area contributed by atoms with Crippen molar-refractivity contribution in [3.8, 4) is 28.7 Å². The van der Waals surface area contributed by atoms with Crippen molar-refractivity contribution >= 4 is 33.7 Å². The molecule has 0 amide bonds. The van der Waals surface area contributed by atoms with E-state index in [1.807, 2.05) is 35.9 Å². The predicted octanol–water partition coefficient (Wildman–Crippen LogP) is 8.33. The maximum atomic E-state index is 15.2. The van der Waals surface area contributed by atoms with E-state index in [0.29, 0.717) is 29.3 Å². The predicted molar refractivity (Wildman–Crippen MR) is 183 cm³/mol. The van der Waals surface area contributed by atoms with Crippen LogP contribution in [0.3, 0.4) is 0 Å². The second-order valence-corrected chi connectivity index (χ2v) is 11.7. The van der Waals surface area contributed by atoms with Crippen LogP contribution in [0, 0.1) is 29.3 Å². The van der Waals surface area contributed by atoms with Gasteiger partial charge < -0.3 is 14.0 Å². The Hall–Kier alpha value is -5.40. The molecule has 0 aliphatic carbocycles. The number of carbonyl (C=O) groups excluding carboxylic acids is 1. The van der Waals surface area contributed by atoms with Crippen LogP contribution in [0.15, 0.2) is 102 Å². The summed E-state index contributed by atoms with van der Waals surface area (Å²) in [6.45, 7) is 4.28. The number of carbonyl (C=O) groups is 1. The summed E-state index contributed by atoms with van der Waals surface area (Å²) in [6.07, 6.45) is 5.90. The van der Waals surface area contributed by atoms with E-state index in [1.54, 1.807) is 24.3 Å². The molecule has 0 aliphatic rings. The average Bonchev–Trinajstić information content (AvgIpc) is 3.42. The van der Waals surface area contributed by atoms with E-state index in [2.05, 4.69) is 28.6 Å². The van der Waals surface area contributed by atoms with Gasteiger partial charge in [-0.05, 0) is 91.9 Å². The summed E-state index contributed by atoms with van der Waals surface area (Å²) < 4.78 is 58.6. The van der Waals surface area contributed by atoms with Gasteiger partial charge in [-0.15, -0.1) is 5.10 Å². The van der Waals surface area contributed by atoms with Gasteiger partial charge in [-0.3, -0.25) is 0 Å². The molecule has 1 aromatic heterocycles. The minimum Gasteiger partial charge on any atom is -0.494 e. The maximum absolute atomic E-state index is 15.2. The molecule has 0 aliphatic heterocycles. The molecule has 0 spiro atoms. The van der Waals surface area contributed by atoms with Crippen molar-refractivity contribution in [3.05, 3.63) is 130 Å². The molecular formula is C38H32F3N3O3S. The maximum Gasteiger partial charge on any atom is 0.330 e. The Morgan fingerprint density at radius 2 is 1.69 bits per heavy atom. The van der Waals surface area contributed by atoms with Crippen LogP contribution in [0.4, 0.5) is 13.2 Å². The van der Waals surface area contributed by atoms with Gasteiger partial charge in [-0.1, -0.05) is 48.0 Å². The van der Waals surface area contributed by atoms with Gasteiger partial charge in [0, 0.05) is 29.8 Å². The normalized spacial score (nSPS) is 11.5. The number of esters is 1. The first-order chi connectivity index (χ1) is 23.3. The summed E-state index contributed by atoms with van der Waals surface area (Å²) in [4.78, 5) is 11.6. The van der Waals surface area contributed by atoms with Crippen LogP contribution in [-0.4, -0.2) is 30.0 Å². The molecule has 0 bridgehead atoms. The monoisotopic (exact) mass is 667 g/mol. The molecule has 0 saturated carbocycles. The topological polar surface area (TPSA) is 65.2 Å². The second-order valence-electron chi connectivity index (χ2n) is 10.7. The first-order valence-corrected chi connectivity index (χ1v) is 16.1. The number of aromatic nitrogens is 1. The lowest BCUT2D eigenvalue weighted by molar-refractivity contribution is -0.137. The standard InChI is InChI=1S/C38H32F3N3O3S/c1-3-35(45)47-23-9-5-4-8-22-46-30-18-13-26(14-19-30)12-15-27-16-20-31(37(41)36(27)40)28-17-21-32(39)29(24-28)25-42-43-38-44(2)33-10-6-7-11-34(33)48-38/h3,6-7,10-11,13-14,16-21,24-25H,1,4-5,8-9,22-23H2,2H3/b42-25+,43-38-. The van der Waals surface area contributed by atoms with Crippen molar-refractivity contribution in [2.45, 2.75) is 25.7 Å². The minimum absolute atomic E-state index is 0.0295. The number of para-hydroxylation sites is 1. The Bertz CT molecular complexity index is 2090. The van der Waals surface area contributed by atoms with Gasteiger partial charge in [0.15, 0.2) is 11.6 Å². The molecule has 0 saturated heterocycles. The fourth-order valence-corrected chi connectivity index (χ4v) is 5.73. The summed E-state index contributed by atoms with van der Waals surface area (Å²) in [5.41, 5.74) is 1.84. The SMILES string of the molecule is C=CC(=O)OCCCCCCOc1ccc(C#Cc2ccc(-c3ccc(F)c(/C=N/N=c4\sc5ccccc5n4C)c3)c(F)c2F)cc1. The number of ether oxygens (including phenoxy) is 2. The first kappa shape index (κ1) is 33.9. The smallest absolute Gasteiger partial charge is 0.330 e. The number of thiazole rings is 1. The third-order valence-corrected chi connectivity index (χ3v) is 8.46. The molecule has 0 N–H and O–H groups in total. The van der Waals surface area contributed by atoms with E-state index in [1.165, 1.54) is 47.9 Å². The van der Waals surface area contributed by atoms with Gasteiger partial charge in [0.25, 0.3) is 0 Å². The highest BCUT2D eigenvalue weighted by Gasteiger charge is 2.15. The van der Waals surface area contributed by atoms with Crippen LogP contribution in [0.2, 0.25) is 0 Å². The number of nitrogens with zero attached hydrogens (tertiary/aromatic N) is 3. The third kappa shape index (κ3) is 8.69. The Balaban J connectivity index is 1.20. The molecule has 0 atom stereocenters. The van der Waals surface area contributed by atoms with Gasteiger partial charge in [-0.2, -0.15) is 5.10 Å². The van der Waals surface area contributed by atoms with Crippen LogP contribution < -0.4 is 9.54 Å². The minimum atomic E-state index is -1.09. The number of rotatable bonds is 12. The van der Waals surface area contributed by atoms with Crippen molar-refractivity contribution in [1.82, 2.24) is 4.57 Å². The highest BCUT2D eigenvalue weighted by Crippen LogP contribution is 2.28. The number of unbranched alkanes of at least 4 members (excludes halogenated alkanes) is 3. The van der Waals surface area contributed by atoms with E-state index in [0.717, 1.165) is 42.0 Å². The molecule has 6 nitrogen and oxygen atoms in total. The van der Waals surface area contributed by atoms with Crippen LogP contribution >= 0.6 is 11.3 Å². The van der Waals surface area contributed by atoms with E-state index >= 15 is 8.78 Å². The van der Waals surface area contributed by atoms with Crippen molar-refractivity contribution < 1.29 is 27.4 Å². The first-order valence-electron chi connectivity index (χ1n) is 15.3. The van der Waals surface area contributed by atoms with E-state index in [9.17, 15) is 9.18 Å². The van der Waals surface area contributed by atoms with Crippen molar-refractivity contribution in [2.75, 3.05) is 13.2 Å². The molecule has 10 heteroatoms. The Morgan fingerprint density at radius 1 is 0.917 bits per heavy atom. The summed E-state index contributed by atoms with van der Waals surface area (Å²) >= 11 is 1.45. The van der Waals surface area contributed by atoms with Crippen LogP contribution in [-0.2, 0) is 16.6 Å². The molecule has 244 valence electrons. The van der Waals surface area contributed by atoms with Gasteiger partial charge in [0.1, 0.15) is 11.6 Å². The number of aryl methyl sites for hydroxylation is 1. The third-order valence-electron chi connectivity index (χ3n) is 7.36. The number of hydrogen-bond acceptors (Lipinski definition) is 6. The summed E-state index contributed by atoms with van der Waals surface area (Å²) in [7, 11) is 1.87. The average molecular weight is 668 g/mol. The molecule has 48 heavy (non-hydrogen) atoms. The lowest BCUT2D eigenvalue weighted by Crippen LogP contribution is -2.08. The lowest BCUT2D eigenvalue weighted by Gasteiger charge is -2.07. The molecular weight excluding hydrogens is 635 g/mol. The summed E-state index contributed by atoms with van der Waals surface area (Å²) in [5, 5.41) is 8.28. The van der Waals surface area contributed by atoms with Gasteiger partial charge >= 0.3 is 5.97 Å². The van der Waals surface area contributed by atoms with Crippen molar-refractivity contribution in [1.29, 1.82) is 0 Å². The number of hydrogen-bond donors (Lipinski definition) is 0. The van der Waals surface area contributed by atoms with E-state index < -0.39 is 23.4 Å². The summed E-state index contributed by atoms with van der Waals surface area (Å²) in [5.74, 6) is 3.07. The van der Waals surface area contributed by atoms with E-state index in [4.69, 9.17) is 9.47 Å². The van der Waals surface area contributed by atoms with Gasteiger partial charge in [0.2, 0.25) is 4.80 Å². The van der Waals surface area contributed by atoms with Gasteiger partial charge in [0.05, 0.1) is 35.2 Å². The Morgan fingerprint density at radius 3 is 2.46 bits per heavy atom. The van der Waals surface area contributed by atoms with Crippen LogP contribution in [0.1, 0.15) is 42.4 Å². The highest BCUT2D eigenvalue weighted by atomic mass is 32.1. The Kier molecular flexibility index (Phi) is 11.6. The fraction of sp³-hybridized carbons (Fsp3) is 0.184. The van der Waals surface area contributed by atoms with Crippen LogP contribution in [0.5, 0.6) is 5.75 Å². The molecule has 4 aromatic carbocycles. The molecule has 5 aromatic rings.